The van der Waals surface area contributed by atoms with Crippen LogP contribution in [-0.4, -0.2) is 28.0 Å². The lowest BCUT2D eigenvalue weighted by atomic mass is 10.00. The third kappa shape index (κ3) is 3.75. The van der Waals surface area contributed by atoms with Crippen molar-refractivity contribution in [3.8, 4) is 11.4 Å². The largest absolute Gasteiger partial charge is 0.507 e. The van der Waals surface area contributed by atoms with Crippen molar-refractivity contribution >= 4 is 17.6 Å². The van der Waals surface area contributed by atoms with Gasteiger partial charge in [0, 0.05) is 0 Å². The molecule has 0 aliphatic carbocycles. The summed E-state index contributed by atoms with van der Waals surface area (Å²) in [7, 11) is 0. The number of hydrogen-bond acceptors (Lipinski definition) is 6. The van der Waals surface area contributed by atoms with Crippen molar-refractivity contribution in [1.82, 2.24) is 4.57 Å². The molecule has 29 heavy (non-hydrogen) atoms. The number of anilines is 1. The molecule has 7 nitrogen and oxygen atoms in total. The fourth-order valence-corrected chi connectivity index (χ4v) is 2.98. The molecule has 0 atom stereocenters. The number of aromatic hydroxyl groups is 1. The van der Waals surface area contributed by atoms with Crippen molar-refractivity contribution in [3.05, 3.63) is 87.2 Å². The number of phenolic OH excluding ortho intramolecular Hbond substituents is 1. The van der Waals surface area contributed by atoms with Gasteiger partial charge in [-0.05, 0) is 44.2 Å². The van der Waals surface area contributed by atoms with E-state index in [2.05, 4.69) is 0 Å². The zero-order chi connectivity index (χ0) is 21.1. The normalized spacial score (nSPS) is 10.6. The van der Waals surface area contributed by atoms with Crippen LogP contribution in [0, 0.1) is 6.92 Å². The van der Waals surface area contributed by atoms with Gasteiger partial charge in [0.15, 0.2) is 0 Å². The Balaban J connectivity index is 2.31. The standard InChI is InChI=1S/C22H20N2O5/c1-3-29-22(28)17-12-16(19(26)15-11-13(2)9-10-18(15)25)21(27)24(20(17)23)14-7-5-4-6-8-14/h4-12,25H,3,23H2,1-2H3. The molecule has 0 aliphatic rings. The second kappa shape index (κ2) is 8.02. The molecule has 0 spiro atoms. The quantitative estimate of drug-likeness (QED) is 0.510. The molecule has 0 unspecified atom stereocenters. The molecule has 0 fully saturated rings. The average Bonchev–Trinajstić information content (AvgIpc) is 2.70. The maximum Gasteiger partial charge on any atom is 0.341 e. The van der Waals surface area contributed by atoms with E-state index in [1.54, 1.807) is 50.2 Å². The fourth-order valence-electron chi connectivity index (χ4n) is 2.98. The lowest BCUT2D eigenvalue weighted by Gasteiger charge is -2.15. The summed E-state index contributed by atoms with van der Waals surface area (Å²) in [5.41, 5.74) is 6.09. The van der Waals surface area contributed by atoms with E-state index in [4.69, 9.17) is 10.5 Å². The summed E-state index contributed by atoms with van der Waals surface area (Å²) in [5, 5.41) is 10.1. The number of aromatic nitrogens is 1. The summed E-state index contributed by atoms with van der Waals surface area (Å²) in [6.45, 7) is 3.49. The van der Waals surface area contributed by atoms with E-state index in [0.29, 0.717) is 5.69 Å². The van der Waals surface area contributed by atoms with Gasteiger partial charge in [-0.25, -0.2) is 4.79 Å². The number of hydrogen-bond donors (Lipinski definition) is 2. The van der Waals surface area contributed by atoms with Crippen LogP contribution >= 0.6 is 0 Å². The molecule has 0 amide bonds. The van der Waals surface area contributed by atoms with Gasteiger partial charge in [0.25, 0.3) is 5.56 Å². The van der Waals surface area contributed by atoms with Crippen LogP contribution in [-0.2, 0) is 4.74 Å². The van der Waals surface area contributed by atoms with Crippen LogP contribution in [0.4, 0.5) is 5.82 Å². The number of phenols is 1. The van der Waals surface area contributed by atoms with E-state index in [-0.39, 0.29) is 34.9 Å². The predicted octanol–water partition coefficient (Wildman–Crippen LogP) is 2.84. The number of nitrogens with two attached hydrogens (primary N) is 1. The van der Waals surface area contributed by atoms with Gasteiger partial charge in [0.2, 0.25) is 5.78 Å². The van der Waals surface area contributed by atoms with Crippen molar-refractivity contribution in [2.45, 2.75) is 13.8 Å². The molecule has 0 bridgehead atoms. The van der Waals surface area contributed by atoms with Crippen molar-refractivity contribution in [3.63, 3.8) is 0 Å². The summed E-state index contributed by atoms with van der Waals surface area (Å²) in [5.74, 6) is -1.87. The van der Waals surface area contributed by atoms with E-state index in [0.717, 1.165) is 16.2 Å². The Hall–Kier alpha value is -3.87. The lowest BCUT2D eigenvalue weighted by Crippen LogP contribution is -2.30. The van der Waals surface area contributed by atoms with Gasteiger partial charge in [0.1, 0.15) is 17.1 Å². The molecule has 3 aromatic rings. The van der Waals surface area contributed by atoms with Crippen LogP contribution in [0.5, 0.6) is 5.75 Å². The molecule has 1 heterocycles. The van der Waals surface area contributed by atoms with Crippen molar-refractivity contribution in [1.29, 1.82) is 0 Å². The highest BCUT2D eigenvalue weighted by atomic mass is 16.5. The molecule has 0 saturated carbocycles. The average molecular weight is 392 g/mol. The highest BCUT2D eigenvalue weighted by Crippen LogP contribution is 2.23. The highest BCUT2D eigenvalue weighted by molar-refractivity contribution is 6.12. The van der Waals surface area contributed by atoms with Crippen LogP contribution in [0.3, 0.4) is 0 Å². The summed E-state index contributed by atoms with van der Waals surface area (Å²) < 4.78 is 6.12. The fraction of sp³-hybridized carbons (Fsp3) is 0.136. The van der Waals surface area contributed by atoms with E-state index < -0.39 is 17.3 Å². The summed E-state index contributed by atoms with van der Waals surface area (Å²) in [6, 6.07) is 14.0. The molecule has 2 aromatic carbocycles. The van der Waals surface area contributed by atoms with Crippen LogP contribution in [0.2, 0.25) is 0 Å². The molecule has 148 valence electrons. The Labute approximate surface area is 167 Å². The number of nitrogens with zero attached hydrogens (tertiary/aromatic N) is 1. The van der Waals surface area contributed by atoms with Gasteiger partial charge < -0.3 is 15.6 Å². The molecule has 0 aliphatic heterocycles. The lowest BCUT2D eigenvalue weighted by molar-refractivity contribution is 0.0527. The maximum atomic E-state index is 13.2. The van der Waals surface area contributed by atoms with Gasteiger partial charge in [-0.1, -0.05) is 29.8 Å². The van der Waals surface area contributed by atoms with Crippen molar-refractivity contribution < 1.29 is 19.4 Å². The Morgan fingerprint density at radius 3 is 2.38 bits per heavy atom. The van der Waals surface area contributed by atoms with Gasteiger partial charge in [0.05, 0.1) is 23.4 Å². The number of ether oxygens (including phenoxy) is 1. The third-order valence-electron chi connectivity index (χ3n) is 4.39. The Morgan fingerprint density at radius 2 is 1.72 bits per heavy atom. The second-order valence-corrected chi connectivity index (χ2v) is 6.40. The van der Waals surface area contributed by atoms with Crippen LogP contribution in [0.1, 0.15) is 38.8 Å². The number of para-hydroxylation sites is 1. The monoisotopic (exact) mass is 392 g/mol. The Bertz CT molecular complexity index is 1150. The van der Waals surface area contributed by atoms with Crippen molar-refractivity contribution in [2.24, 2.45) is 0 Å². The Kier molecular flexibility index (Phi) is 5.50. The topological polar surface area (TPSA) is 112 Å². The minimum atomic E-state index is -0.753. The highest BCUT2D eigenvalue weighted by Gasteiger charge is 2.25. The van der Waals surface area contributed by atoms with Gasteiger partial charge in [-0.3, -0.25) is 14.2 Å². The molecule has 3 N–H and O–H groups in total. The number of carbonyl (C=O) groups is 2. The van der Waals surface area contributed by atoms with Crippen LogP contribution in [0.15, 0.2) is 59.4 Å². The summed E-state index contributed by atoms with van der Waals surface area (Å²) >= 11 is 0. The first-order chi connectivity index (χ1) is 13.8. The van der Waals surface area contributed by atoms with E-state index in [9.17, 15) is 19.5 Å². The predicted molar refractivity (Wildman–Crippen MR) is 109 cm³/mol. The van der Waals surface area contributed by atoms with Gasteiger partial charge in [-0.15, -0.1) is 0 Å². The van der Waals surface area contributed by atoms with E-state index >= 15 is 0 Å². The number of aryl methyl sites for hydroxylation is 1. The number of nitrogen functional groups attached to an aromatic ring is 1. The molecule has 3 rings (SSSR count). The third-order valence-corrected chi connectivity index (χ3v) is 4.39. The van der Waals surface area contributed by atoms with E-state index in [1.165, 1.54) is 12.1 Å². The Morgan fingerprint density at radius 1 is 1.03 bits per heavy atom. The SMILES string of the molecule is CCOC(=O)c1cc(C(=O)c2cc(C)ccc2O)c(=O)n(-c2ccccc2)c1N. The molecule has 7 heteroatoms. The number of carbonyl (C=O) groups excluding carboxylic acids is 2. The van der Waals surface area contributed by atoms with Crippen LogP contribution in [0.25, 0.3) is 5.69 Å². The first-order valence-corrected chi connectivity index (χ1v) is 8.97. The molecule has 0 saturated heterocycles. The molecule has 1 aromatic heterocycles. The van der Waals surface area contributed by atoms with Crippen LogP contribution < -0.4 is 11.3 Å². The first-order valence-electron chi connectivity index (χ1n) is 8.97. The minimum absolute atomic E-state index is 0.0405. The molecular weight excluding hydrogens is 372 g/mol. The number of esters is 1. The van der Waals surface area contributed by atoms with E-state index in [1.807, 2.05) is 0 Å². The zero-order valence-corrected chi connectivity index (χ0v) is 16.0. The molecular formula is C22H20N2O5. The number of benzene rings is 2. The summed E-state index contributed by atoms with van der Waals surface area (Å²) in [6.07, 6.45) is 0. The minimum Gasteiger partial charge on any atom is -0.507 e. The van der Waals surface area contributed by atoms with Gasteiger partial charge >= 0.3 is 5.97 Å². The maximum absolute atomic E-state index is 13.2. The number of ketones is 1. The number of rotatable bonds is 5. The van der Waals surface area contributed by atoms with Gasteiger partial charge in [-0.2, -0.15) is 0 Å². The summed E-state index contributed by atoms with van der Waals surface area (Å²) in [4.78, 5) is 38.7. The van der Waals surface area contributed by atoms with Crippen molar-refractivity contribution in [2.75, 3.05) is 12.3 Å². The number of pyridine rings is 1. The molecule has 0 radical (unpaired) electrons. The smallest absolute Gasteiger partial charge is 0.341 e. The second-order valence-electron chi connectivity index (χ2n) is 6.40. The zero-order valence-electron chi connectivity index (χ0n) is 16.0. The first kappa shape index (κ1) is 19.9.